The second-order valence-electron chi connectivity index (χ2n) is 6.58. The van der Waals surface area contributed by atoms with Gasteiger partial charge in [-0.1, -0.05) is 22.9 Å². The van der Waals surface area contributed by atoms with Crippen LogP contribution in [0, 0.1) is 6.92 Å². The summed E-state index contributed by atoms with van der Waals surface area (Å²) < 4.78 is 16.2. The van der Waals surface area contributed by atoms with Crippen LogP contribution in [0.2, 0.25) is 0 Å². The van der Waals surface area contributed by atoms with E-state index in [0.29, 0.717) is 49.1 Å². The number of aryl methyl sites for hydroxylation is 2. The van der Waals surface area contributed by atoms with Gasteiger partial charge in [-0.3, -0.25) is 4.79 Å². The lowest BCUT2D eigenvalue weighted by Crippen LogP contribution is -2.11. The molecule has 3 rings (SSSR count). The normalized spacial score (nSPS) is 10.6. The van der Waals surface area contributed by atoms with Crippen LogP contribution >= 0.6 is 0 Å². The average Bonchev–Trinajstić information content (AvgIpc) is 3.19. The number of aromatic nitrogens is 2. The van der Waals surface area contributed by atoms with Crippen molar-refractivity contribution in [2.45, 2.75) is 33.1 Å². The molecule has 1 N–H and O–H groups in total. The summed E-state index contributed by atoms with van der Waals surface area (Å²) in [5, 5.41) is 6.92. The monoisotopic (exact) mass is 395 g/mol. The Morgan fingerprint density at radius 1 is 1.14 bits per heavy atom. The molecule has 1 heterocycles. The second kappa shape index (κ2) is 9.73. The highest BCUT2D eigenvalue weighted by Crippen LogP contribution is 2.31. The molecule has 1 aromatic heterocycles. The molecule has 0 aliphatic carbocycles. The van der Waals surface area contributed by atoms with Crippen molar-refractivity contribution in [2.24, 2.45) is 0 Å². The van der Waals surface area contributed by atoms with Crippen molar-refractivity contribution in [3.05, 3.63) is 53.9 Å². The van der Waals surface area contributed by atoms with Crippen LogP contribution in [0.4, 0.5) is 5.69 Å². The molecule has 29 heavy (non-hydrogen) atoms. The largest absolute Gasteiger partial charge is 0.493 e. The number of amides is 1. The zero-order chi connectivity index (χ0) is 20.6. The van der Waals surface area contributed by atoms with Crippen LogP contribution in [0.3, 0.4) is 0 Å². The quantitative estimate of drug-likeness (QED) is 0.577. The minimum atomic E-state index is -0.0369. The third-order valence-electron chi connectivity index (χ3n) is 4.32. The van der Waals surface area contributed by atoms with Crippen LogP contribution in [-0.4, -0.2) is 29.8 Å². The molecule has 0 bridgehead atoms. The summed E-state index contributed by atoms with van der Waals surface area (Å²) in [5.41, 5.74) is 2.73. The molecule has 1 amide bonds. The van der Waals surface area contributed by atoms with Crippen LogP contribution in [0.1, 0.15) is 31.2 Å². The zero-order valence-corrected chi connectivity index (χ0v) is 16.9. The highest BCUT2D eigenvalue weighted by atomic mass is 16.5. The van der Waals surface area contributed by atoms with E-state index < -0.39 is 0 Å². The highest BCUT2D eigenvalue weighted by Gasteiger charge is 2.13. The molecule has 7 nitrogen and oxygen atoms in total. The topological polar surface area (TPSA) is 86.5 Å². The van der Waals surface area contributed by atoms with Crippen LogP contribution in [0.25, 0.3) is 11.4 Å². The molecule has 0 saturated carbocycles. The Labute approximate surface area is 170 Å². The molecule has 7 heteroatoms. The summed E-state index contributed by atoms with van der Waals surface area (Å²) >= 11 is 0. The Morgan fingerprint density at radius 3 is 2.66 bits per heavy atom. The van der Waals surface area contributed by atoms with E-state index in [4.69, 9.17) is 14.0 Å². The number of hydrogen-bond donors (Lipinski definition) is 1. The first kappa shape index (κ1) is 20.4. The Kier molecular flexibility index (Phi) is 6.84. The molecule has 0 aliphatic rings. The second-order valence-corrected chi connectivity index (χ2v) is 6.58. The first-order valence-corrected chi connectivity index (χ1v) is 9.59. The third-order valence-corrected chi connectivity index (χ3v) is 4.32. The van der Waals surface area contributed by atoms with Crippen molar-refractivity contribution < 1.29 is 18.8 Å². The Hall–Kier alpha value is -3.35. The molecular weight excluding hydrogens is 370 g/mol. The fourth-order valence-corrected chi connectivity index (χ4v) is 2.82. The van der Waals surface area contributed by atoms with E-state index in [1.165, 1.54) is 0 Å². The van der Waals surface area contributed by atoms with Crippen LogP contribution in [-0.2, 0) is 11.2 Å². The molecule has 0 saturated heterocycles. The van der Waals surface area contributed by atoms with Crippen molar-refractivity contribution >= 4 is 11.6 Å². The number of methoxy groups -OCH3 is 1. The van der Waals surface area contributed by atoms with Crippen LogP contribution in [0.5, 0.6) is 11.5 Å². The lowest BCUT2D eigenvalue weighted by Gasteiger charge is -2.09. The molecular formula is C22H25N3O4. The van der Waals surface area contributed by atoms with E-state index in [0.717, 1.165) is 16.8 Å². The van der Waals surface area contributed by atoms with Gasteiger partial charge in [0.25, 0.3) is 0 Å². The van der Waals surface area contributed by atoms with Crippen molar-refractivity contribution in [3.8, 4) is 22.9 Å². The summed E-state index contributed by atoms with van der Waals surface area (Å²) in [6, 6.07) is 13.2. The van der Waals surface area contributed by atoms with E-state index in [-0.39, 0.29) is 5.91 Å². The van der Waals surface area contributed by atoms with Crippen molar-refractivity contribution in [1.29, 1.82) is 0 Å². The maximum Gasteiger partial charge on any atom is 0.226 e. The average molecular weight is 395 g/mol. The predicted octanol–water partition coefficient (Wildman–Crippen LogP) is 4.41. The van der Waals surface area contributed by atoms with Gasteiger partial charge in [0, 0.05) is 24.1 Å². The summed E-state index contributed by atoms with van der Waals surface area (Å²) in [4.78, 5) is 16.5. The van der Waals surface area contributed by atoms with Crippen molar-refractivity contribution in [2.75, 3.05) is 19.0 Å². The van der Waals surface area contributed by atoms with Gasteiger partial charge in [0.1, 0.15) is 0 Å². The molecule has 3 aromatic rings. The first-order chi connectivity index (χ1) is 14.1. The van der Waals surface area contributed by atoms with Gasteiger partial charge in [-0.2, -0.15) is 4.98 Å². The molecule has 0 fully saturated rings. The molecule has 0 spiro atoms. The summed E-state index contributed by atoms with van der Waals surface area (Å²) in [7, 11) is 1.60. The maximum absolute atomic E-state index is 12.1. The number of rotatable bonds is 9. The van der Waals surface area contributed by atoms with Crippen LogP contribution < -0.4 is 14.8 Å². The number of carbonyl (C=O) groups is 1. The van der Waals surface area contributed by atoms with Crippen LogP contribution in [0.15, 0.2) is 47.0 Å². The van der Waals surface area contributed by atoms with Gasteiger partial charge in [0.2, 0.25) is 17.6 Å². The zero-order valence-electron chi connectivity index (χ0n) is 16.9. The smallest absolute Gasteiger partial charge is 0.226 e. The number of carbonyl (C=O) groups excluding carboxylic acids is 1. The Balaban J connectivity index is 1.54. The standard InChI is InChI=1S/C22H25N3O4/c1-4-28-19-14-16(10-13-18(19)27-3)22-24-21(29-25-22)7-5-6-20(26)23-17-11-8-15(2)9-12-17/h8-14H,4-7H2,1-3H3,(H,23,26). The molecule has 0 aliphatic heterocycles. The fourth-order valence-electron chi connectivity index (χ4n) is 2.82. The number of ether oxygens (including phenoxy) is 2. The van der Waals surface area contributed by atoms with Gasteiger partial charge in [-0.15, -0.1) is 0 Å². The SMILES string of the molecule is CCOc1cc(-c2noc(CCCC(=O)Nc3ccc(C)cc3)n2)ccc1OC. The Bertz CT molecular complexity index is 951. The Morgan fingerprint density at radius 2 is 1.93 bits per heavy atom. The van der Waals surface area contributed by atoms with Gasteiger partial charge in [0.05, 0.1) is 13.7 Å². The van der Waals surface area contributed by atoms with Gasteiger partial charge in [0.15, 0.2) is 11.5 Å². The third kappa shape index (κ3) is 5.57. The number of hydrogen-bond acceptors (Lipinski definition) is 6. The van der Waals surface area contributed by atoms with Crippen molar-refractivity contribution in [1.82, 2.24) is 10.1 Å². The fraction of sp³-hybridized carbons (Fsp3) is 0.318. The number of benzene rings is 2. The van der Waals surface area contributed by atoms with E-state index >= 15 is 0 Å². The molecule has 0 radical (unpaired) electrons. The molecule has 0 atom stereocenters. The minimum absolute atomic E-state index is 0.0369. The minimum Gasteiger partial charge on any atom is -0.493 e. The lowest BCUT2D eigenvalue weighted by molar-refractivity contribution is -0.116. The van der Waals surface area contributed by atoms with Gasteiger partial charge >= 0.3 is 0 Å². The van der Waals surface area contributed by atoms with Gasteiger partial charge in [-0.05, 0) is 50.6 Å². The summed E-state index contributed by atoms with van der Waals surface area (Å²) in [6.07, 6.45) is 1.53. The summed E-state index contributed by atoms with van der Waals surface area (Å²) in [5.74, 6) is 2.22. The summed E-state index contributed by atoms with van der Waals surface area (Å²) in [6.45, 7) is 4.45. The van der Waals surface area contributed by atoms with E-state index in [1.54, 1.807) is 7.11 Å². The van der Waals surface area contributed by atoms with Gasteiger partial charge in [-0.25, -0.2) is 0 Å². The van der Waals surface area contributed by atoms with E-state index in [9.17, 15) is 4.79 Å². The highest BCUT2D eigenvalue weighted by molar-refractivity contribution is 5.90. The number of nitrogens with one attached hydrogen (secondary N) is 1. The molecule has 2 aromatic carbocycles. The van der Waals surface area contributed by atoms with Gasteiger partial charge < -0.3 is 19.3 Å². The molecule has 152 valence electrons. The number of nitrogens with zero attached hydrogens (tertiary/aromatic N) is 2. The lowest BCUT2D eigenvalue weighted by atomic mass is 10.2. The predicted molar refractivity (Wildman–Crippen MR) is 110 cm³/mol. The molecule has 0 unspecified atom stereocenters. The van der Waals surface area contributed by atoms with Crippen molar-refractivity contribution in [3.63, 3.8) is 0 Å². The van der Waals surface area contributed by atoms with E-state index in [1.807, 2.05) is 56.3 Å². The number of anilines is 1. The maximum atomic E-state index is 12.1. The first-order valence-electron chi connectivity index (χ1n) is 9.59. The van der Waals surface area contributed by atoms with E-state index in [2.05, 4.69) is 15.5 Å².